The summed E-state index contributed by atoms with van der Waals surface area (Å²) < 4.78 is 39.7. The zero-order valence-corrected chi connectivity index (χ0v) is 20.6. The summed E-state index contributed by atoms with van der Waals surface area (Å²) in [5.41, 5.74) is 18.0. The number of pyridine rings is 1. The highest BCUT2D eigenvalue weighted by Crippen LogP contribution is 2.35. The summed E-state index contributed by atoms with van der Waals surface area (Å²) in [6.45, 7) is 3.75. The van der Waals surface area contributed by atoms with Crippen LogP contribution in [0.1, 0.15) is 38.2 Å². The Balaban J connectivity index is 1.45. The number of halogens is 3. The van der Waals surface area contributed by atoms with Crippen LogP contribution in [0.25, 0.3) is 22.3 Å². The van der Waals surface area contributed by atoms with Crippen LogP contribution in [0.3, 0.4) is 0 Å². The Kier molecular flexibility index (Phi) is 7.83. The average Bonchev–Trinajstić information content (AvgIpc) is 3.30. The monoisotopic (exact) mass is 519 g/mol. The number of hydrogen-bond acceptors (Lipinski definition) is 8. The van der Waals surface area contributed by atoms with E-state index in [1.165, 1.54) is 12.4 Å². The maximum Gasteiger partial charge on any atom is 0.417 e. The van der Waals surface area contributed by atoms with Gasteiger partial charge in [-0.1, -0.05) is 0 Å². The van der Waals surface area contributed by atoms with Gasteiger partial charge >= 0.3 is 6.18 Å². The number of aromatic amines is 1. The Labute approximate surface area is 212 Å². The van der Waals surface area contributed by atoms with Gasteiger partial charge < -0.3 is 32.4 Å². The Morgan fingerprint density at radius 1 is 1.27 bits per heavy atom. The van der Waals surface area contributed by atoms with Gasteiger partial charge in [0, 0.05) is 42.5 Å². The summed E-state index contributed by atoms with van der Waals surface area (Å²) >= 11 is 0. The van der Waals surface area contributed by atoms with Crippen LogP contribution in [0.4, 0.5) is 24.8 Å². The minimum Gasteiger partial charge on any atom is -0.396 e. The number of aromatic nitrogens is 4. The lowest BCUT2D eigenvalue weighted by atomic mass is 9.90. The molecule has 0 unspecified atom stereocenters. The van der Waals surface area contributed by atoms with Crippen molar-refractivity contribution in [1.29, 1.82) is 0 Å². The Morgan fingerprint density at radius 2 is 2.00 bits per heavy atom. The highest BCUT2D eigenvalue weighted by Gasteiger charge is 2.32. The van der Waals surface area contributed by atoms with Gasteiger partial charge in [-0.2, -0.15) is 13.2 Å². The summed E-state index contributed by atoms with van der Waals surface area (Å²) in [4.78, 5) is 29.9. The molecule has 1 aliphatic rings. The van der Waals surface area contributed by atoms with Gasteiger partial charge in [-0.05, 0) is 51.1 Å². The van der Waals surface area contributed by atoms with Crippen molar-refractivity contribution in [3.63, 3.8) is 0 Å². The zero-order chi connectivity index (χ0) is 26.7. The lowest BCUT2D eigenvalue weighted by Crippen LogP contribution is -2.48. The third-order valence-corrected chi connectivity index (χ3v) is 6.88. The molecule has 1 fully saturated rings. The number of nitrogens with one attached hydrogen (secondary N) is 2. The van der Waals surface area contributed by atoms with Crippen molar-refractivity contribution >= 4 is 28.6 Å². The fraction of sp³-hybridized carbons (Fsp3) is 0.500. The van der Waals surface area contributed by atoms with E-state index in [2.05, 4.69) is 25.3 Å². The maximum absolute atomic E-state index is 13.2. The van der Waals surface area contributed by atoms with E-state index in [9.17, 15) is 18.0 Å². The summed E-state index contributed by atoms with van der Waals surface area (Å²) in [7, 11) is 0. The molecule has 0 aromatic carbocycles. The molecule has 4 rings (SSSR count). The summed E-state index contributed by atoms with van der Waals surface area (Å²) in [5.74, 6) is 0.537. The van der Waals surface area contributed by atoms with E-state index in [1.807, 2.05) is 11.8 Å². The number of nitrogens with two attached hydrogens (primary N) is 3. The van der Waals surface area contributed by atoms with E-state index in [0.29, 0.717) is 55.3 Å². The van der Waals surface area contributed by atoms with E-state index in [4.69, 9.17) is 17.2 Å². The minimum atomic E-state index is -4.52. The first-order valence-electron chi connectivity index (χ1n) is 12.3. The van der Waals surface area contributed by atoms with Gasteiger partial charge in [0.05, 0.1) is 23.5 Å². The number of nitrogen functional groups attached to an aromatic ring is 1. The molecule has 0 saturated carbocycles. The molecular weight excluding hydrogens is 487 g/mol. The SMILES string of the molecule is C[C@@H](Nc1ncc(N)c(-c2c[nH]c3ncc(C(F)(F)F)cc23)n1)C1CCN(C(=O)[C@@H](N)CCCN)CC1. The van der Waals surface area contributed by atoms with Crippen molar-refractivity contribution in [2.24, 2.45) is 17.4 Å². The Morgan fingerprint density at radius 3 is 2.68 bits per heavy atom. The average molecular weight is 520 g/mol. The van der Waals surface area contributed by atoms with Crippen molar-refractivity contribution in [3.05, 3.63) is 30.2 Å². The number of rotatable bonds is 8. The minimum absolute atomic E-state index is 0.0129. The van der Waals surface area contributed by atoms with Gasteiger partial charge in [0.1, 0.15) is 11.3 Å². The van der Waals surface area contributed by atoms with E-state index in [-0.39, 0.29) is 28.9 Å². The van der Waals surface area contributed by atoms with Gasteiger partial charge in [-0.3, -0.25) is 4.79 Å². The van der Waals surface area contributed by atoms with Crippen LogP contribution in [0.2, 0.25) is 0 Å². The molecular formula is C24H32F3N9O. The molecule has 2 atom stereocenters. The number of piperidine rings is 1. The second-order valence-corrected chi connectivity index (χ2v) is 9.45. The second-order valence-electron chi connectivity index (χ2n) is 9.45. The standard InChI is InChI=1S/C24H32F3N9O/c1-13(14-4-7-36(8-5-14)22(37)18(29)3-2-6-28)34-23-33-12-19(30)20(35-23)17-11-32-21-16(17)9-15(10-31-21)24(25,26)27/h9-14,18H,2-8,28-30H2,1H3,(H,31,32)(H,33,34,35)/t13-,18+/m1/s1. The fourth-order valence-corrected chi connectivity index (χ4v) is 4.67. The number of alkyl halides is 3. The van der Waals surface area contributed by atoms with Crippen molar-refractivity contribution in [2.45, 2.75) is 50.9 Å². The van der Waals surface area contributed by atoms with E-state index >= 15 is 0 Å². The molecule has 0 radical (unpaired) electrons. The molecule has 0 bridgehead atoms. The van der Waals surface area contributed by atoms with Gasteiger partial charge in [0.15, 0.2) is 0 Å². The molecule has 0 aliphatic carbocycles. The molecule has 3 aromatic rings. The predicted molar refractivity (Wildman–Crippen MR) is 135 cm³/mol. The number of amides is 1. The van der Waals surface area contributed by atoms with E-state index in [0.717, 1.165) is 25.1 Å². The third kappa shape index (κ3) is 5.93. The molecule has 200 valence electrons. The predicted octanol–water partition coefficient (Wildman–Crippen LogP) is 2.73. The lowest BCUT2D eigenvalue weighted by molar-refractivity contribution is -0.137. The van der Waals surface area contributed by atoms with Crippen molar-refractivity contribution in [2.75, 3.05) is 30.7 Å². The number of carbonyl (C=O) groups excluding carboxylic acids is 1. The summed E-state index contributed by atoms with van der Waals surface area (Å²) in [5, 5.41) is 3.56. The molecule has 1 aliphatic heterocycles. The molecule has 1 amide bonds. The molecule has 4 heterocycles. The van der Waals surface area contributed by atoms with Crippen LogP contribution in [0.15, 0.2) is 24.7 Å². The number of anilines is 2. The van der Waals surface area contributed by atoms with Gasteiger partial charge in [0.25, 0.3) is 0 Å². The summed E-state index contributed by atoms with van der Waals surface area (Å²) in [6.07, 6.45) is 2.11. The number of nitrogens with zero attached hydrogens (tertiary/aromatic N) is 4. The molecule has 0 spiro atoms. The van der Waals surface area contributed by atoms with Crippen LogP contribution in [0, 0.1) is 5.92 Å². The topological polar surface area (TPSA) is 165 Å². The molecule has 3 aromatic heterocycles. The van der Waals surface area contributed by atoms with Crippen LogP contribution in [0.5, 0.6) is 0 Å². The third-order valence-electron chi connectivity index (χ3n) is 6.88. The largest absolute Gasteiger partial charge is 0.417 e. The number of carbonyl (C=O) groups is 1. The van der Waals surface area contributed by atoms with Crippen molar-refractivity contribution < 1.29 is 18.0 Å². The highest BCUT2D eigenvalue weighted by atomic mass is 19.4. The molecule has 10 nitrogen and oxygen atoms in total. The van der Waals surface area contributed by atoms with Crippen LogP contribution >= 0.6 is 0 Å². The van der Waals surface area contributed by atoms with Crippen LogP contribution in [-0.4, -0.2) is 62.5 Å². The number of fused-ring (bicyclic) bond motifs is 1. The second kappa shape index (κ2) is 10.9. The maximum atomic E-state index is 13.2. The first kappa shape index (κ1) is 26.6. The normalized spacial score (nSPS) is 16.6. The zero-order valence-electron chi connectivity index (χ0n) is 20.6. The number of likely N-dealkylation sites (tertiary alicyclic amines) is 1. The lowest BCUT2D eigenvalue weighted by Gasteiger charge is -2.36. The van der Waals surface area contributed by atoms with E-state index < -0.39 is 17.8 Å². The first-order chi connectivity index (χ1) is 17.6. The smallest absolute Gasteiger partial charge is 0.396 e. The van der Waals surface area contributed by atoms with Gasteiger partial charge in [0.2, 0.25) is 11.9 Å². The number of hydrogen-bond donors (Lipinski definition) is 5. The van der Waals surface area contributed by atoms with Crippen molar-refractivity contribution in [1.82, 2.24) is 24.8 Å². The quantitative estimate of drug-likeness (QED) is 0.303. The fourth-order valence-electron chi connectivity index (χ4n) is 4.67. The van der Waals surface area contributed by atoms with Crippen molar-refractivity contribution in [3.8, 4) is 11.3 Å². The van der Waals surface area contributed by atoms with Gasteiger partial charge in [-0.25, -0.2) is 15.0 Å². The molecule has 37 heavy (non-hydrogen) atoms. The van der Waals surface area contributed by atoms with E-state index in [1.54, 1.807) is 0 Å². The first-order valence-corrected chi connectivity index (χ1v) is 12.3. The highest BCUT2D eigenvalue weighted by molar-refractivity contribution is 5.95. The van der Waals surface area contributed by atoms with Crippen LogP contribution in [-0.2, 0) is 11.0 Å². The Bertz CT molecular complexity index is 1240. The van der Waals surface area contributed by atoms with Crippen LogP contribution < -0.4 is 22.5 Å². The van der Waals surface area contributed by atoms with Gasteiger partial charge in [-0.15, -0.1) is 0 Å². The number of H-pyrrole nitrogens is 1. The Hall–Kier alpha value is -3.45. The molecule has 13 heteroatoms. The summed E-state index contributed by atoms with van der Waals surface area (Å²) in [6, 6.07) is 0.493. The molecule has 8 N–H and O–H groups in total. The molecule has 1 saturated heterocycles.